The molecule has 21 heavy (non-hydrogen) atoms. The van der Waals surface area contributed by atoms with Gasteiger partial charge >= 0.3 is 0 Å². The van der Waals surface area contributed by atoms with Crippen LogP contribution < -0.4 is 9.47 Å². The number of hydrogen-bond acceptors (Lipinski definition) is 4. The van der Waals surface area contributed by atoms with Crippen molar-refractivity contribution in [2.75, 3.05) is 13.7 Å². The molecule has 1 aromatic carbocycles. The fourth-order valence-electron chi connectivity index (χ4n) is 3.11. The summed E-state index contributed by atoms with van der Waals surface area (Å²) in [4.78, 5) is 5.75. The van der Waals surface area contributed by atoms with Crippen LogP contribution in [0.4, 0.5) is 0 Å². The third-order valence-electron chi connectivity index (χ3n) is 4.25. The maximum atomic E-state index is 5.75. The third-order valence-corrected chi connectivity index (χ3v) is 4.25. The molecule has 2 aliphatic rings. The van der Waals surface area contributed by atoms with Crippen LogP contribution in [-0.2, 0) is 4.84 Å². The van der Waals surface area contributed by atoms with Gasteiger partial charge in [0.05, 0.1) is 19.4 Å². The Balaban J connectivity index is 1.79. The molecule has 3 rings (SSSR count). The smallest absolute Gasteiger partial charge is 0.161 e. The number of ether oxygens (including phenoxy) is 2. The van der Waals surface area contributed by atoms with Crippen LogP contribution in [0.15, 0.2) is 23.4 Å². The summed E-state index contributed by atoms with van der Waals surface area (Å²) in [6, 6.07) is 5.94. The van der Waals surface area contributed by atoms with Crippen molar-refractivity contribution >= 4 is 5.71 Å². The predicted octanol–water partition coefficient (Wildman–Crippen LogP) is 3.74. The number of rotatable bonds is 5. The second-order valence-electron chi connectivity index (χ2n) is 5.76. The standard InChI is InChI=1S/C17H22NO3/c1-3-10-20-16-11-13(6-7-15(16)19-2)14-12-17(21-18-14)8-4-5-9-17/h6-7,11H,1,3-5,8-10,12H2,2H3. The summed E-state index contributed by atoms with van der Waals surface area (Å²) in [5.74, 6) is 1.48. The van der Waals surface area contributed by atoms with Gasteiger partial charge in [0.15, 0.2) is 11.5 Å². The van der Waals surface area contributed by atoms with E-state index in [-0.39, 0.29) is 5.60 Å². The third kappa shape index (κ3) is 2.85. The van der Waals surface area contributed by atoms with Crippen LogP contribution in [0.5, 0.6) is 11.5 Å². The van der Waals surface area contributed by atoms with E-state index in [1.165, 1.54) is 12.8 Å². The van der Waals surface area contributed by atoms with Gasteiger partial charge in [-0.05, 0) is 57.2 Å². The number of benzene rings is 1. The molecule has 0 unspecified atom stereocenters. The second kappa shape index (κ2) is 5.96. The molecule has 1 radical (unpaired) electrons. The van der Waals surface area contributed by atoms with Gasteiger partial charge in [-0.2, -0.15) is 0 Å². The summed E-state index contributed by atoms with van der Waals surface area (Å²) in [5, 5.41) is 4.33. The Kier molecular flexibility index (Phi) is 4.04. The Hall–Kier alpha value is -1.71. The summed E-state index contributed by atoms with van der Waals surface area (Å²) in [6.07, 6.45) is 6.32. The predicted molar refractivity (Wildman–Crippen MR) is 81.9 cm³/mol. The zero-order chi connectivity index (χ0) is 14.7. The molecule has 0 bridgehead atoms. The van der Waals surface area contributed by atoms with Gasteiger partial charge < -0.3 is 14.3 Å². The first-order valence-corrected chi connectivity index (χ1v) is 7.62. The van der Waals surface area contributed by atoms with Crippen molar-refractivity contribution < 1.29 is 14.3 Å². The lowest BCUT2D eigenvalue weighted by atomic mass is 9.93. The first-order chi connectivity index (χ1) is 10.3. The maximum absolute atomic E-state index is 5.75. The first kappa shape index (κ1) is 14.2. The van der Waals surface area contributed by atoms with Crippen LogP contribution in [0.3, 0.4) is 0 Å². The minimum atomic E-state index is -0.0381. The first-order valence-electron chi connectivity index (χ1n) is 7.62. The van der Waals surface area contributed by atoms with Crippen LogP contribution in [0.2, 0.25) is 0 Å². The molecule has 1 heterocycles. The number of nitrogens with zero attached hydrogens (tertiary/aromatic N) is 1. The fraction of sp³-hybridized carbons (Fsp3) is 0.529. The molecule has 0 amide bonds. The highest BCUT2D eigenvalue weighted by atomic mass is 16.7. The van der Waals surface area contributed by atoms with Crippen LogP contribution in [-0.4, -0.2) is 25.0 Å². The molecular weight excluding hydrogens is 266 g/mol. The van der Waals surface area contributed by atoms with E-state index in [4.69, 9.17) is 14.3 Å². The molecule has 1 fully saturated rings. The second-order valence-corrected chi connectivity index (χ2v) is 5.76. The minimum Gasteiger partial charge on any atom is -0.493 e. The van der Waals surface area contributed by atoms with Gasteiger partial charge in [0.25, 0.3) is 0 Å². The number of hydrogen-bond donors (Lipinski definition) is 0. The molecule has 113 valence electrons. The van der Waals surface area contributed by atoms with Crippen molar-refractivity contribution in [2.45, 2.75) is 44.1 Å². The van der Waals surface area contributed by atoms with Gasteiger partial charge in [0.1, 0.15) is 5.60 Å². The summed E-state index contributed by atoms with van der Waals surface area (Å²) in [5.41, 5.74) is 2.03. The van der Waals surface area contributed by atoms with Gasteiger partial charge in [-0.1, -0.05) is 5.16 Å². The zero-order valence-electron chi connectivity index (χ0n) is 12.6. The molecular formula is C17H22NO3. The SMILES string of the molecule is [CH2]CCOc1cc(C2=NOC3(CCCC3)C2)ccc1OC. The van der Waals surface area contributed by atoms with Crippen LogP contribution >= 0.6 is 0 Å². The van der Waals surface area contributed by atoms with E-state index in [1.54, 1.807) is 7.11 Å². The minimum absolute atomic E-state index is 0.0381. The summed E-state index contributed by atoms with van der Waals surface area (Å²) >= 11 is 0. The van der Waals surface area contributed by atoms with Crippen molar-refractivity contribution in [1.29, 1.82) is 0 Å². The van der Waals surface area contributed by atoms with Crippen LogP contribution in [0, 0.1) is 6.92 Å². The van der Waals surface area contributed by atoms with Crippen LogP contribution in [0.25, 0.3) is 0 Å². The molecule has 1 aromatic rings. The number of methoxy groups -OCH3 is 1. The largest absolute Gasteiger partial charge is 0.493 e. The van der Waals surface area contributed by atoms with E-state index in [2.05, 4.69) is 12.1 Å². The van der Waals surface area contributed by atoms with E-state index in [1.807, 2.05) is 18.2 Å². The molecule has 0 N–H and O–H groups in total. The Morgan fingerprint density at radius 3 is 2.81 bits per heavy atom. The average molecular weight is 288 g/mol. The molecule has 4 heteroatoms. The van der Waals surface area contributed by atoms with Crippen molar-refractivity contribution in [1.82, 2.24) is 0 Å². The van der Waals surface area contributed by atoms with E-state index < -0.39 is 0 Å². The molecule has 4 nitrogen and oxygen atoms in total. The van der Waals surface area contributed by atoms with Crippen molar-refractivity contribution in [2.24, 2.45) is 5.16 Å². The lowest BCUT2D eigenvalue weighted by Crippen LogP contribution is -2.24. The molecule has 1 spiro atoms. The highest BCUT2D eigenvalue weighted by molar-refractivity contribution is 6.02. The number of oxime groups is 1. The van der Waals surface area contributed by atoms with Gasteiger partial charge in [-0.3, -0.25) is 0 Å². The van der Waals surface area contributed by atoms with Gasteiger partial charge in [-0.25, -0.2) is 0 Å². The van der Waals surface area contributed by atoms with E-state index in [0.717, 1.165) is 48.5 Å². The summed E-state index contributed by atoms with van der Waals surface area (Å²) < 4.78 is 11.0. The Labute approximate surface area is 126 Å². The lowest BCUT2D eigenvalue weighted by molar-refractivity contribution is -0.0126. The van der Waals surface area contributed by atoms with E-state index in [0.29, 0.717) is 6.61 Å². The molecule has 1 aliphatic carbocycles. The quantitative estimate of drug-likeness (QED) is 0.828. The average Bonchev–Trinajstić information content (AvgIpc) is 3.15. The molecule has 1 aliphatic heterocycles. The summed E-state index contributed by atoms with van der Waals surface area (Å²) in [6.45, 7) is 4.37. The fourth-order valence-corrected chi connectivity index (χ4v) is 3.11. The Morgan fingerprint density at radius 1 is 1.29 bits per heavy atom. The zero-order valence-corrected chi connectivity index (χ0v) is 12.6. The van der Waals surface area contributed by atoms with Crippen LogP contribution in [0.1, 0.15) is 44.1 Å². The van der Waals surface area contributed by atoms with E-state index >= 15 is 0 Å². The Morgan fingerprint density at radius 2 is 2.10 bits per heavy atom. The van der Waals surface area contributed by atoms with Crippen molar-refractivity contribution in [3.8, 4) is 11.5 Å². The Bertz CT molecular complexity index is 533. The van der Waals surface area contributed by atoms with Gasteiger partial charge in [0, 0.05) is 12.0 Å². The molecule has 0 aromatic heterocycles. The highest BCUT2D eigenvalue weighted by Gasteiger charge is 2.42. The molecule has 1 saturated carbocycles. The maximum Gasteiger partial charge on any atom is 0.161 e. The highest BCUT2D eigenvalue weighted by Crippen LogP contribution is 2.41. The van der Waals surface area contributed by atoms with Crippen molar-refractivity contribution in [3.05, 3.63) is 30.7 Å². The molecule has 0 atom stereocenters. The normalized spacial score (nSPS) is 19.4. The molecule has 0 saturated heterocycles. The van der Waals surface area contributed by atoms with Gasteiger partial charge in [-0.15, -0.1) is 0 Å². The monoisotopic (exact) mass is 288 g/mol. The van der Waals surface area contributed by atoms with Gasteiger partial charge in [0.2, 0.25) is 0 Å². The lowest BCUT2D eigenvalue weighted by Gasteiger charge is -2.19. The van der Waals surface area contributed by atoms with E-state index in [9.17, 15) is 0 Å². The summed E-state index contributed by atoms with van der Waals surface area (Å²) in [7, 11) is 1.65. The topological polar surface area (TPSA) is 40.0 Å². The van der Waals surface area contributed by atoms with Crippen molar-refractivity contribution in [3.63, 3.8) is 0 Å².